The van der Waals surface area contributed by atoms with E-state index in [0.29, 0.717) is 5.56 Å². The summed E-state index contributed by atoms with van der Waals surface area (Å²) in [4.78, 5) is 45.1. The molecule has 54 heavy (non-hydrogen) atoms. The van der Waals surface area contributed by atoms with Crippen LogP contribution in [0.2, 0.25) is 0 Å². The number of carboxylic acids is 2. The highest BCUT2D eigenvalue weighted by Gasteiger charge is 2.50. The first-order valence-corrected chi connectivity index (χ1v) is 16.3. The molecule has 21 nitrogen and oxygen atoms in total. The van der Waals surface area contributed by atoms with Crippen LogP contribution in [-0.2, 0) is 49.3 Å². The van der Waals surface area contributed by atoms with Gasteiger partial charge in [0.25, 0.3) is 5.75 Å². The van der Waals surface area contributed by atoms with E-state index in [0.717, 1.165) is 6.07 Å². The van der Waals surface area contributed by atoms with Crippen LogP contribution in [0.4, 0.5) is 0 Å². The maximum absolute atomic E-state index is 11.8. The lowest BCUT2D eigenvalue weighted by atomic mass is 9.93. The molecule has 3 heterocycles. The first-order chi connectivity index (χ1) is 25.5. The Labute approximate surface area is 304 Å². The molecule has 12 atom stereocenters. The molecule has 12 unspecified atom stereocenters. The largest absolute Gasteiger partial charge is 0.575 e. The number of phenols is 2. The second kappa shape index (κ2) is 17.1. The predicted molar refractivity (Wildman–Crippen MR) is 167 cm³/mol. The Hall–Kier alpha value is -4.84. The number of carbonyl (C=O) groups is 4. The van der Waals surface area contributed by atoms with Crippen molar-refractivity contribution in [2.24, 2.45) is 0 Å². The van der Waals surface area contributed by atoms with Crippen LogP contribution < -0.4 is 9.84 Å². The van der Waals surface area contributed by atoms with Gasteiger partial charge in [0.2, 0.25) is 12.4 Å². The molecule has 0 bridgehead atoms. The average Bonchev–Trinajstić information content (AvgIpc) is 3.10. The van der Waals surface area contributed by atoms with E-state index in [1.165, 1.54) is 30.3 Å². The molecule has 3 aliphatic heterocycles. The molecule has 21 heteroatoms. The van der Waals surface area contributed by atoms with Crippen molar-refractivity contribution < 1.29 is 103 Å². The fraction of sp³-hybridized carbons (Fsp3) is 0.515. The standard InChI is InChI=1S/C33H38O21/c34-13-3-1-12(2-4-13)31-18(52-33-30(47)28(45)26(43)20(54-33)11-49-24(41)9-22(38)39)7-15-16(50-31)5-14(35)6-17(15)51-32-29(46)27(44)25(42)19(53-32)10-48-23(40)8-21(36)37/h1-6,18-20,25-35,42-47H,7-11H2,(H,36,37)(H,38,39). The Balaban J connectivity index is 1.41. The zero-order valence-corrected chi connectivity index (χ0v) is 27.9. The lowest BCUT2D eigenvalue weighted by Crippen LogP contribution is -2.60. The number of carboxylic acid groups (broad SMARTS) is 2. The maximum Gasteiger partial charge on any atom is 0.317 e. The second-order valence-electron chi connectivity index (χ2n) is 12.6. The quantitative estimate of drug-likeness (QED) is 0.0528. The third kappa shape index (κ3) is 9.44. The molecule has 0 amide bonds. The van der Waals surface area contributed by atoms with Gasteiger partial charge in [0.15, 0.2) is 12.4 Å². The van der Waals surface area contributed by atoms with E-state index in [1.54, 1.807) is 0 Å². The van der Waals surface area contributed by atoms with Crippen LogP contribution in [0.3, 0.4) is 0 Å². The fourth-order valence-corrected chi connectivity index (χ4v) is 5.98. The highest BCUT2D eigenvalue weighted by molar-refractivity contribution is 5.90. The SMILES string of the molecule is O=C([O-])CC(=O)OCC1OC(OC2Cc3c(OC4OC(COC(=O)CC(=O)O)C(O)C(O)C4O)cc(O)cc3[OH+]C2c2ccc(O)cc2)C(O)C(O)C1O. The summed E-state index contributed by atoms with van der Waals surface area (Å²) in [6.45, 7) is -1.49. The van der Waals surface area contributed by atoms with Gasteiger partial charge in [0, 0.05) is 18.1 Å². The number of benzene rings is 2. The summed E-state index contributed by atoms with van der Waals surface area (Å²) in [6.07, 6.45) is -22.2. The maximum atomic E-state index is 11.8. The minimum Gasteiger partial charge on any atom is -0.575 e. The molecule has 0 aromatic heterocycles. The normalized spacial score (nSPS) is 32.0. The molecule has 0 saturated carbocycles. The van der Waals surface area contributed by atoms with Gasteiger partial charge in [-0.2, -0.15) is 0 Å². The van der Waals surface area contributed by atoms with Crippen molar-refractivity contribution in [2.75, 3.05) is 13.2 Å². The second-order valence-corrected chi connectivity index (χ2v) is 12.6. The summed E-state index contributed by atoms with van der Waals surface area (Å²) < 4.78 is 37.6. The molecular formula is C33H38O21. The van der Waals surface area contributed by atoms with Gasteiger partial charge in [-0.25, -0.2) is 0 Å². The number of aliphatic carboxylic acids is 2. The molecule has 0 aliphatic carbocycles. The van der Waals surface area contributed by atoms with Gasteiger partial charge in [-0.3, -0.25) is 14.4 Å². The molecule has 5 rings (SSSR count). The van der Waals surface area contributed by atoms with E-state index in [-0.39, 0.29) is 35.0 Å². The van der Waals surface area contributed by atoms with Crippen LogP contribution in [0.15, 0.2) is 36.4 Å². The monoisotopic (exact) mass is 770 g/mol. The van der Waals surface area contributed by atoms with Crippen LogP contribution in [-0.4, -0.2) is 155 Å². The number of hydrogen-bond acceptors (Lipinski definition) is 19. The molecule has 296 valence electrons. The Morgan fingerprint density at radius 1 is 0.741 bits per heavy atom. The minimum absolute atomic E-state index is 0.0896. The van der Waals surface area contributed by atoms with Gasteiger partial charge in [0.1, 0.15) is 85.7 Å². The van der Waals surface area contributed by atoms with E-state index < -0.39 is 124 Å². The van der Waals surface area contributed by atoms with Gasteiger partial charge >= 0.3 is 17.9 Å². The van der Waals surface area contributed by atoms with Crippen molar-refractivity contribution in [1.82, 2.24) is 0 Å². The van der Waals surface area contributed by atoms with Crippen molar-refractivity contribution in [3.05, 3.63) is 47.5 Å². The summed E-state index contributed by atoms with van der Waals surface area (Å²) >= 11 is 0. The molecule has 2 aromatic rings. The molecule has 2 fully saturated rings. The first kappa shape index (κ1) is 40.3. The smallest absolute Gasteiger partial charge is 0.317 e. The number of phenolic OH excluding ortho intramolecular Hbond substituents is 2. The summed E-state index contributed by atoms with van der Waals surface area (Å²) in [5.41, 5.74) is 0.628. The van der Waals surface area contributed by atoms with E-state index in [1.807, 2.05) is 0 Å². The third-order valence-electron chi connectivity index (χ3n) is 8.73. The van der Waals surface area contributed by atoms with Gasteiger partial charge in [-0.1, -0.05) is 0 Å². The van der Waals surface area contributed by atoms with Crippen LogP contribution in [0, 0.1) is 0 Å². The van der Waals surface area contributed by atoms with Gasteiger partial charge in [-0.15, -0.1) is 0 Å². The van der Waals surface area contributed by atoms with Crippen molar-refractivity contribution >= 4 is 23.9 Å². The van der Waals surface area contributed by atoms with Crippen molar-refractivity contribution in [2.45, 2.75) is 92.9 Å². The highest BCUT2D eigenvalue weighted by atomic mass is 16.7. The lowest BCUT2D eigenvalue weighted by molar-refractivity contribution is -0.323. The van der Waals surface area contributed by atoms with Crippen molar-refractivity contribution in [3.63, 3.8) is 0 Å². The highest BCUT2D eigenvalue weighted by Crippen LogP contribution is 2.46. The number of aliphatic hydroxyl groups excluding tert-OH is 6. The van der Waals surface area contributed by atoms with E-state index in [4.69, 9.17) is 33.5 Å². The van der Waals surface area contributed by atoms with Gasteiger partial charge < -0.3 is 89.0 Å². The summed E-state index contributed by atoms with van der Waals surface area (Å²) in [5.74, 6) is -6.16. The predicted octanol–water partition coefficient (Wildman–Crippen LogP) is -4.28. The van der Waals surface area contributed by atoms with Crippen LogP contribution >= 0.6 is 0 Å². The van der Waals surface area contributed by atoms with E-state index >= 15 is 0 Å². The molecule has 3 aliphatic rings. The van der Waals surface area contributed by atoms with Crippen LogP contribution in [0.1, 0.15) is 30.1 Å². The lowest BCUT2D eigenvalue weighted by Gasteiger charge is -2.42. The molecule has 0 spiro atoms. The molecular weight excluding hydrogens is 732 g/mol. The number of ether oxygens (including phenoxy) is 7. The van der Waals surface area contributed by atoms with Gasteiger partial charge in [-0.05, 0) is 24.3 Å². The minimum atomic E-state index is -1.92. The first-order valence-electron chi connectivity index (χ1n) is 16.3. The molecule has 0 radical (unpaired) electrons. The number of hydrogen-bond donors (Lipinski definition) is 9. The zero-order valence-electron chi connectivity index (χ0n) is 27.9. The Kier molecular flexibility index (Phi) is 12.8. The Bertz CT molecular complexity index is 1670. The summed E-state index contributed by atoms with van der Waals surface area (Å²) in [5, 5.41) is 104. The van der Waals surface area contributed by atoms with E-state index in [9.17, 15) is 65.1 Å². The van der Waals surface area contributed by atoms with Crippen molar-refractivity contribution in [1.29, 1.82) is 0 Å². The van der Waals surface area contributed by atoms with Crippen LogP contribution in [0.25, 0.3) is 0 Å². The number of aromatic hydroxyl groups is 3. The average molecular weight is 771 g/mol. The molecule has 2 saturated heterocycles. The van der Waals surface area contributed by atoms with Crippen molar-refractivity contribution in [3.8, 4) is 23.0 Å². The number of carbonyl (C=O) groups excluding carboxylic acids is 3. The van der Waals surface area contributed by atoms with Gasteiger partial charge in [0.05, 0.1) is 24.0 Å². The summed E-state index contributed by atoms with van der Waals surface area (Å²) in [7, 11) is 0. The molecule has 10 N–H and O–H groups in total. The zero-order chi connectivity index (χ0) is 39.4. The topological polar surface area (TPSA) is 342 Å². The van der Waals surface area contributed by atoms with Crippen LogP contribution in [0.5, 0.6) is 23.0 Å². The summed E-state index contributed by atoms with van der Waals surface area (Å²) in [6, 6.07) is 8.08. The number of fused-ring (bicyclic) bond motifs is 1. The molecule has 2 aromatic carbocycles. The third-order valence-corrected chi connectivity index (χ3v) is 8.73. The number of esters is 2. The van der Waals surface area contributed by atoms with E-state index in [2.05, 4.69) is 4.74 Å². The fourth-order valence-electron chi connectivity index (χ4n) is 5.98. The number of aliphatic hydroxyl groups is 7. The Morgan fingerprint density at radius 3 is 1.87 bits per heavy atom. The number of rotatable bonds is 13. The Morgan fingerprint density at radius 2 is 1.30 bits per heavy atom.